The molecule has 0 radical (unpaired) electrons. The summed E-state index contributed by atoms with van der Waals surface area (Å²) < 4.78 is 5.39. The Labute approximate surface area is 93.4 Å². The standard InChI is InChI=1S/C12H24N2O/c1-13-6-8-14(9-7-13)5-2-3-12-4-10-15-11-12/h12H,2-11H2,1H3. The first-order valence-corrected chi connectivity index (χ1v) is 6.33. The largest absolute Gasteiger partial charge is 0.381 e. The summed E-state index contributed by atoms with van der Waals surface area (Å²) in [5, 5.41) is 0. The number of hydrogen-bond acceptors (Lipinski definition) is 3. The van der Waals surface area contributed by atoms with E-state index in [4.69, 9.17) is 4.74 Å². The Kier molecular flexibility index (Phi) is 4.42. The summed E-state index contributed by atoms with van der Waals surface area (Å²) in [5.74, 6) is 0.859. The topological polar surface area (TPSA) is 15.7 Å². The molecular formula is C12H24N2O. The van der Waals surface area contributed by atoms with Gasteiger partial charge in [0.25, 0.3) is 0 Å². The van der Waals surface area contributed by atoms with Crippen LogP contribution in [0, 0.1) is 5.92 Å². The van der Waals surface area contributed by atoms with E-state index < -0.39 is 0 Å². The third kappa shape index (κ3) is 3.74. The maximum atomic E-state index is 5.39. The van der Waals surface area contributed by atoms with Crippen LogP contribution in [0.1, 0.15) is 19.3 Å². The number of hydrogen-bond donors (Lipinski definition) is 0. The van der Waals surface area contributed by atoms with Gasteiger partial charge >= 0.3 is 0 Å². The predicted octanol–water partition coefficient (Wildman–Crippen LogP) is 1.05. The van der Waals surface area contributed by atoms with E-state index in [9.17, 15) is 0 Å². The SMILES string of the molecule is CN1CCN(CCCC2CCOC2)CC1. The lowest BCUT2D eigenvalue weighted by molar-refractivity contribution is 0.148. The van der Waals surface area contributed by atoms with Gasteiger partial charge < -0.3 is 14.5 Å². The number of likely N-dealkylation sites (N-methyl/N-ethyl adjacent to an activating group) is 1. The second-order valence-electron chi connectivity index (χ2n) is 5.02. The molecule has 2 fully saturated rings. The van der Waals surface area contributed by atoms with Crippen molar-refractivity contribution in [3.8, 4) is 0 Å². The molecule has 0 aromatic carbocycles. The summed E-state index contributed by atoms with van der Waals surface area (Å²) in [5.41, 5.74) is 0. The Hall–Kier alpha value is -0.120. The maximum Gasteiger partial charge on any atom is 0.0495 e. The number of rotatable bonds is 4. The molecule has 1 unspecified atom stereocenters. The van der Waals surface area contributed by atoms with Gasteiger partial charge in [-0.15, -0.1) is 0 Å². The fourth-order valence-electron chi connectivity index (χ4n) is 2.49. The quantitative estimate of drug-likeness (QED) is 0.693. The first kappa shape index (κ1) is 11.4. The molecule has 88 valence electrons. The lowest BCUT2D eigenvalue weighted by Crippen LogP contribution is -2.44. The van der Waals surface area contributed by atoms with Crippen molar-refractivity contribution in [3.63, 3.8) is 0 Å². The van der Waals surface area contributed by atoms with Gasteiger partial charge in [-0.05, 0) is 38.8 Å². The van der Waals surface area contributed by atoms with Gasteiger partial charge in [0.1, 0.15) is 0 Å². The molecule has 2 saturated heterocycles. The first-order valence-electron chi connectivity index (χ1n) is 6.33. The molecule has 15 heavy (non-hydrogen) atoms. The number of piperazine rings is 1. The Morgan fingerprint density at radius 1 is 1.20 bits per heavy atom. The van der Waals surface area contributed by atoms with E-state index in [1.165, 1.54) is 52.0 Å². The highest BCUT2D eigenvalue weighted by molar-refractivity contribution is 4.70. The van der Waals surface area contributed by atoms with Gasteiger partial charge in [0.2, 0.25) is 0 Å². The first-order chi connectivity index (χ1) is 7.34. The van der Waals surface area contributed by atoms with E-state index >= 15 is 0 Å². The fraction of sp³-hybridized carbons (Fsp3) is 1.00. The molecule has 2 rings (SSSR count). The van der Waals surface area contributed by atoms with Crippen LogP contribution in [0.15, 0.2) is 0 Å². The summed E-state index contributed by atoms with van der Waals surface area (Å²) in [4.78, 5) is 5.02. The van der Waals surface area contributed by atoms with Crippen LogP contribution in [0.25, 0.3) is 0 Å². The van der Waals surface area contributed by atoms with Gasteiger partial charge in [0.15, 0.2) is 0 Å². The number of ether oxygens (including phenoxy) is 1. The van der Waals surface area contributed by atoms with E-state index in [0.717, 1.165) is 19.1 Å². The van der Waals surface area contributed by atoms with Crippen LogP contribution in [0.4, 0.5) is 0 Å². The van der Waals surface area contributed by atoms with Gasteiger partial charge in [-0.3, -0.25) is 0 Å². The smallest absolute Gasteiger partial charge is 0.0495 e. The van der Waals surface area contributed by atoms with Crippen molar-refractivity contribution in [1.29, 1.82) is 0 Å². The van der Waals surface area contributed by atoms with E-state index in [1.54, 1.807) is 0 Å². The molecule has 0 N–H and O–H groups in total. The molecule has 3 nitrogen and oxygen atoms in total. The summed E-state index contributed by atoms with van der Waals surface area (Å²) in [6.07, 6.45) is 4.02. The van der Waals surface area contributed by atoms with Crippen molar-refractivity contribution in [2.75, 3.05) is 53.0 Å². The van der Waals surface area contributed by atoms with E-state index in [2.05, 4.69) is 16.8 Å². The molecule has 0 aliphatic carbocycles. The van der Waals surface area contributed by atoms with Crippen molar-refractivity contribution in [2.24, 2.45) is 5.92 Å². The molecule has 3 heteroatoms. The highest BCUT2D eigenvalue weighted by atomic mass is 16.5. The summed E-state index contributed by atoms with van der Waals surface area (Å²) in [6, 6.07) is 0. The van der Waals surface area contributed by atoms with Gasteiger partial charge in [0.05, 0.1) is 0 Å². The fourth-order valence-corrected chi connectivity index (χ4v) is 2.49. The minimum atomic E-state index is 0.859. The lowest BCUT2D eigenvalue weighted by Gasteiger charge is -2.32. The van der Waals surface area contributed by atoms with Crippen molar-refractivity contribution in [2.45, 2.75) is 19.3 Å². The molecule has 0 spiro atoms. The zero-order valence-corrected chi connectivity index (χ0v) is 9.95. The normalized spacial score (nSPS) is 29.8. The van der Waals surface area contributed by atoms with Crippen molar-refractivity contribution in [3.05, 3.63) is 0 Å². The molecule has 1 atom stereocenters. The van der Waals surface area contributed by atoms with Gasteiger partial charge in [0, 0.05) is 39.4 Å². The van der Waals surface area contributed by atoms with Gasteiger partial charge in [-0.2, -0.15) is 0 Å². The zero-order chi connectivity index (χ0) is 10.5. The van der Waals surface area contributed by atoms with E-state index in [0.29, 0.717) is 0 Å². The summed E-state index contributed by atoms with van der Waals surface area (Å²) >= 11 is 0. The van der Waals surface area contributed by atoms with Crippen LogP contribution in [0.5, 0.6) is 0 Å². The summed E-state index contributed by atoms with van der Waals surface area (Å²) in [6.45, 7) is 8.32. The van der Waals surface area contributed by atoms with Crippen LogP contribution in [0.3, 0.4) is 0 Å². The average Bonchev–Trinajstić information content (AvgIpc) is 2.74. The van der Waals surface area contributed by atoms with Crippen LogP contribution >= 0.6 is 0 Å². The minimum absolute atomic E-state index is 0.859. The van der Waals surface area contributed by atoms with E-state index in [-0.39, 0.29) is 0 Å². The monoisotopic (exact) mass is 212 g/mol. The minimum Gasteiger partial charge on any atom is -0.381 e. The van der Waals surface area contributed by atoms with Crippen molar-refractivity contribution in [1.82, 2.24) is 9.80 Å². The highest BCUT2D eigenvalue weighted by Crippen LogP contribution is 2.18. The Morgan fingerprint density at radius 3 is 2.67 bits per heavy atom. The molecule has 0 amide bonds. The summed E-state index contributed by atoms with van der Waals surface area (Å²) in [7, 11) is 2.22. The third-order valence-electron chi connectivity index (χ3n) is 3.71. The van der Waals surface area contributed by atoms with Gasteiger partial charge in [-0.1, -0.05) is 0 Å². The van der Waals surface area contributed by atoms with Crippen LogP contribution in [-0.4, -0.2) is 62.8 Å². The van der Waals surface area contributed by atoms with Crippen LogP contribution in [-0.2, 0) is 4.74 Å². The molecule has 2 aliphatic rings. The molecule has 0 bridgehead atoms. The predicted molar refractivity (Wildman–Crippen MR) is 62.1 cm³/mol. The average molecular weight is 212 g/mol. The maximum absolute atomic E-state index is 5.39. The van der Waals surface area contributed by atoms with Gasteiger partial charge in [-0.25, -0.2) is 0 Å². The highest BCUT2D eigenvalue weighted by Gasteiger charge is 2.17. The lowest BCUT2D eigenvalue weighted by atomic mass is 10.0. The Morgan fingerprint density at radius 2 is 2.00 bits per heavy atom. The molecule has 0 aromatic heterocycles. The second kappa shape index (κ2) is 5.83. The van der Waals surface area contributed by atoms with Crippen LogP contribution in [0.2, 0.25) is 0 Å². The molecular weight excluding hydrogens is 188 g/mol. The van der Waals surface area contributed by atoms with E-state index in [1.807, 2.05) is 0 Å². The Balaban J connectivity index is 1.53. The molecule has 2 aliphatic heterocycles. The molecule has 2 heterocycles. The van der Waals surface area contributed by atoms with Crippen molar-refractivity contribution >= 4 is 0 Å². The Bertz CT molecular complexity index is 172. The zero-order valence-electron chi connectivity index (χ0n) is 9.95. The molecule has 0 aromatic rings. The number of nitrogens with zero attached hydrogens (tertiary/aromatic N) is 2. The molecule has 0 saturated carbocycles. The van der Waals surface area contributed by atoms with Crippen molar-refractivity contribution < 1.29 is 4.74 Å². The third-order valence-corrected chi connectivity index (χ3v) is 3.71. The van der Waals surface area contributed by atoms with Crippen LogP contribution < -0.4 is 0 Å². The second-order valence-corrected chi connectivity index (χ2v) is 5.02.